The predicted molar refractivity (Wildman–Crippen MR) is 78.9 cm³/mol. The van der Waals surface area contributed by atoms with Crippen LogP contribution < -0.4 is 0 Å². The summed E-state index contributed by atoms with van der Waals surface area (Å²) < 4.78 is -1.49. The summed E-state index contributed by atoms with van der Waals surface area (Å²) in [5.74, 6) is 0.171. The maximum absolute atomic E-state index is 10.4. The molecule has 0 heterocycles. The van der Waals surface area contributed by atoms with Gasteiger partial charge in [0, 0.05) is 16.4 Å². The van der Waals surface area contributed by atoms with Gasteiger partial charge in [0.25, 0.3) is 0 Å². The Bertz CT molecular complexity index is 585. The molecule has 18 heavy (non-hydrogen) atoms. The van der Waals surface area contributed by atoms with Gasteiger partial charge in [-0.15, -0.1) is 0 Å². The zero-order valence-electron chi connectivity index (χ0n) is 10.0. The van der Waals surface area contributed by atoms with Gasteiger partial charge in [0.05, 0.1) is 0 Å². The third-order valence-electron chi connectivity index (χ3n) is 3.28. The number of hydrogen-bond acceptors (Lipinski definition) is 1. The topological polar surface area (TPSA) is 20.2 Å². The van der Waals surface area contributed by atoms with E-state index in [-0.39, 0.29) is 5.75 Å². The lowest BCUT2D eigenvalue weighted by Gasteiger charge is -2.33. The molecule has 0 aliphatic heterocycles. The molecule has 0 aliphatic rings. The van der Waals surface area contributed by atoms with Crippen LogP contribution in [0.25, 0.3) is 10.8 Å². The Kier molecular flexibility index (Phi) is 3.44. The van der Waals surface area contributed by atoms with E-state index in [4.69, 9.17) is 34.8 Å². The highest BCUT2D eigenvalue weighted by Crippen LogP contribution is 2.49. The molecule has 1 nitrogen and oxygen atoms in total. The maximum Gasteiger partial charge on any atom is 0.199 e. The largest absolute Gasteiger partial charge is 0.507 e. The highest BCUT2D eigenvalue weighted by atomic mass is 35.6. The molecule has 2 aromatic rings. The first-order valence-electron chi connectivity index (χ1n) is 5.53. The molecule has 0 saturated carbocycles. The molecular weight excluding hydrogens is 291 g/mol. The van der Waals surface area contributed by atoms with Gasteiger partial charge in [-0.1, -0.05) is 85.0 Å². The summed E-state index contributed by atoms with van der Waals surface area (Å²) in [6.07, 6.45) is 0. The number of benzene rings is 2. The number of halogens is 3. The van der Waals surface area contributed by atoms with E-state index in [1.165, 1.54) is 0 Å². The lowest BCUT2D eigenvalue weighted by atomic mass is 9.84. The summed E-state index contributed by atoms with van der Waals surface area (Å²) >= 11 is 18.0. The highest BCUT2D eigenvalue weighted by Gasteiger charge is 2.43. The van der Waals surface area contributed by atoms with Crippen LogP contribution in [0.2, 0.25) is 0 Å². The van der Waals surface area contributed by atoms with Crippen molar-refractivity contribution in [3.8, 4) is 5.75 Å². The van der Waals surface area contributed by atoms with Gasteiger partial charge in [0.15, 0.2) is 3.79 Å². The predicted octanol–water partition coefficient (Wildman–Crippen LogP) is 5.19. The molecule has 96 valence electrons. The molecule has 0 aliphatic carbocycles. The fraction of sp³-hybridized carbons (Fsp3) is 0.286. The first kappa shape index (κ1) is 13.8. The van der Waals surface area contributed by atoms with Crippen LogP contribution in [0.3, 0.4) is 0 Å². The molecule has 0 atom stereocenters. The van der Waals surface area contributed by atoms with Crippen molar-refractivity contribution in [2.75, 3.05) is 0 Å². The Hall–Kier alpha value is -0.630. The van der Waals surface area contributed by atoms with E-state index in [0.29, 0.717) is 5.56 Å². The third kappa shape index (κ3) is 2.16. The lowest BCUT2D eigenvalue weighted by Crippen LogP contribution is -2.33. The van der Waals surface area contributed by atoms with E-state index in [1.807, 2.05) is 30.3 Å². The van der Waals surface area contributed by atoms with Crippen LogP contribution in [0.5, 0.6) is 5.75 Å². The number of alkyl halides is 3. The molecular formula is C14H13Cl3O. The number of aromatic hydroxyl groups is 1. The van der Waals surface area contributed by atoms with E-state index in [2.05, 4.69) is 0 Å². The lowest BCUT2D eigenvalue weighted by molar-refractivity contribution is 0.442. The van der Waals surface area contributed by atoms with Crippen LogP contribution >= 0.6 is 34.8 Å². The van der Waals surface area contributed by atoms with Crippen molar-refractivity contribution in [3.63, 3.8) is 0 Å². The summed E-state index contributed by atoms with van der Waals surface area (Å²) in [5, 5.41) is 12.1. The molecule has 0 spiro atoms. The average Bonchev–Trinajstić information content (AvgIpc) is 2.28. The highest BCUT2D eigenvalue weighted by molar-refractivity contribution is 6.68. The number of rotatable bonds is 1. The second kappa shape index (κ2) is 4.48. The minimum Gasteiger partial charge on any atom is -0.507 e. The Balaban J connectivity index is 2.70. The van der Waals surface area contributed by atoms with Crippen molar-refractivity contribution in [3.05, 3.63) is 42.0 Å². The summed E-state index contributed by atoms with van der Waals surface area (Å²) in [5.41, 5.74) is -0.160. The molecule has 0 aromatic heterocycles. The monoisotopic (exact) mass is 302 g/mol. The SMILES string of the molecule is CC(C)(c1ccc2ccccc2c1O)C(Cl)(Cl)Cl. The molecule has 2 aromatic carbocycles. The van der Waals surface area contributed by atoms with Gasteiger partial charge in [0.2, 0.25) is 0 Å². The summed E-state index contributed by atoms with van der Waals surface area (Å²) in [6.45, 7) is 3.59. The first-order chi connectivity index (χ1) is 8.25. The quantitative estimate of drug-likeness (QED) is 0.718. The van der Waals surface area contributed by atoms with Crippen LogP contribution in [0.15, 0.2) is 36.4 Å². The van der Waals surface area contributed by atoms with Crippen LogP contribution in [0, 0.1) is 0 Å². The number of fused-ring (bicyclic) bond motifs is 1. The van der Waals surface area contributed by atoms with Gasteiger partial charge < -0.3 is 5.11 Å². The van der Waals surface area contributed by atoms with Gasteiger partial charge in [-0.25, -0.2) is 0 Å². The van der Waals surface area contributed by atoms with Crippen molar-refractivity contribution >= 4 is 45.6 Å². The van der Waals surface area contributed by atoms with Crippen molar-refractivity contribution < 1.29 is 5.11 Å². The van der Waals surface area contributed by atoms with Crippen molar-refractivity contribution in [2.24, 2.45) is 0 Å². The van der Waals surface area contributed by atoms with Crippen LogP contribution in [-0.4, -0.2) is 8.90 Å². The smallest absolute Gasteiger partial charge is 0.199 e. The molecule has 0 saturated heterocycles. The van der Waals surface area contributed by atoms with Gasteiger partial charge in [-0.3, -0.25) is 0 Å². The van der Waals surface area contributed by atoms with Crippen molar-refractivity contribution in [2.45, 2.75) is 23.1 Å². The van der Waals surface area contributed by atoms with Crippen LogP contribution in [-0.2, 0) is 5.41 Å². The van der Waals surface area contributed by atoms with Crippen LogP contribution in [0.1, 0.15) is 19.4 Å². The second-order valence-corrected chi connectivity index (χ2v) is 7.09. The number of hydrogen-bond donors (Lipinski definition) is 1. The average molecular weight is 304 g/mol. The molecule has 0 unspecified atom stereocenters. The van der Waals surface area contributed by atoms with Crippen molar-refractivity contribution in [1.82, 2.24) is 0 Å². The van der Waals surface area contributed by atoms with Crippen molar-refractivity contribution in [1.29, 1.82) is 0 Å². The summed E-state index contributed by atoms with van der Waals surface area (Å²) in [7, 11) is 0. The standard InChI is InChI=1S/C14H13Cl3O/c1-13(2,14(15,16)17)11-8-7-9-5-3-4-6-10(9)12(11)18/h3-8,18H,1-2H3. The molecule has 0 bridgehead atoms. The number of phenols is 1. The minimum atomic E-state index is -1.49. The van der Waals surface area contributed by atoms with Gasteiger partial charge in [-0.2, -0.15) is 0 Å². The molecule has 0 amide bonds. The fourth-order valence-electron chi connectivity index (χ4n) is 1.91. The molecule has 4 heteroatoms. The third-order valence-corrected chi connectivity index (χ3v) is 4.70. The Labute approximate surface area is 121 Å². The van der Waals surface area contributed by atoms with Gasteiger partial charge in [0.1, 0.15) is 5.75 Å². The Morgan fingerprint density at radius 1 is 0.944 bits per heavy atom. The number of phenolic OH excluding ortho intramolecular Hbond substituents is 1. The Morgan fingerprint density at radius 2 is 1.56 bits per heavy atom. The summed E-state index contributed by atoms with van der Waals surface area (Å²) in [4.78, 5) is 0. The minimum absolute atomic E-state index is 0.171. The van der Waals surface area contributed by atoms with Crippen LogP contribution in [0.4, 0.5) is 0 Å². The molecule has 2 rings (SSSR count). The molecule has 0 fully saturated rings. The van der Waals surface area contributed by atoms with E-state index >= 15 is 0 Å². The molecule has 1 N–H and O–H groups in total. The molecule has 0 radical (unpaired) electrons. The Morgan fingerprint density at radius 3 is 2.17 bits per heavy atom. The second-order valence-electron chi connectivity index (χ2n) is 4.81. The first-order valence-corrected chi connectivity index (χ1v) is 6.66. The van der Waals surface area contributed by atoms with E-state index < -0.39 is 9.21 Å². The normalized spacial score (nSPS) is 12.9. The van der Waals surface area contributed by atoms with Gasteiger partial charge in [-0.05, 0) is 5.39 Å². The zero-order chi connectivity index (χ0) is 13.6. The van der Waals surface area contributed by atoms with E-state index in [0.717, 1.165) is 10.8 Å². The van der Waals surface area contributed by atoms with Gasteiger partial charge >= 0.3 is 0 Å². The zero-order valence-corrected chi connectivity index (χ0v) is 12.3. The van der Waals surface area contributed by atoms with E-state index in [1.54, 1.807) is 19.9 Å². The maximum atomic E-state index is 10.4. The van der Waals surface area contributed by atoms with E-state index in [9.17, 15) is 5.11 Å². The summed E-state index contributed by atoms with van der Waals surface area (Å²) in [6, 6.07) is 11.3. The fourth-order valence-corrected chi connectivity index (χ4v) is 2.22.